The van der Waals surface area contributed by atoms with Crippen molar-refractivity contribution in [2.45, 2.75) is 0 Å². The van der Waals surface area contributed by atoms with Gasteiger partial charge < -0.3 is 5.32 Å². The van der Waals surface area contributed by atoms with Crippen LogP contribution in [0.1, 0.15) is 0 Å². The van der Waals surface area contributed by atoms with E-state index in [2.05, 4.69) is 30.5 Å². The number of nitrogens with one attached hydrogen (secondary N) is 2. The smallest absolute Gasteiger partial charge is 0.233 e. The molecule has 0 aliphatic rings. The zero-order valence-corrected chi connectivity index (χ0v) is 11.8. The van der Waals surface area contributed by atoms with Crippen LogP contribution in [0.5, 0.6) is 0 Å². The number of nitrogens with zero attached hydrogens (tertiary/aromatic N) is 4. The van der Waals surface area contributed by atoms with Crippen LogP contribution in [-0.2, 0) is 0 Å². The van der Waals surface area contributed by atoms with Gasteiger partial charge in [0.05, 0.1) is 5.69 Å². The molecule has 21 heavy (non-hydrogen) atoms. The van der Waals surface area contributed by atoms with Crippen LogP contribution in [0.3, 0.4) is 0 Å². The molecule has 2 aromatic heterocycles. The Hall–Kier alpha value is -2.25. The molecule has 2 N–H and O–H groups in total. The number of hydrogen-bond acceptors (Lipinski definition) is 5. The van der Waals surface area contributed by atoms with Crippen molar-refractivity contribution >= 4 is 35.0 Å². The highest BCUT2D eigenvalue weighted by Gasteiger charge is 2.07. The molecule has 0 bridgehead atoms. The Balaban J connectivity index is 1.83. The SMILES string of the molecule is Fc1ccc(-c2cc(Nc3nc(Cl)nc(Cl)n3)[nH]n2)cc1. The van der Waals surface area contributed by atoms with E-state index in [9.17, 15) is 4.39 Å². The fourth-order valence-corrected chi connectivity index (χ4v) is 2.02. The molecule has 0 saturated carbocycles. The molecule has 9 heteroatoms. The first-order valence-corrected chi connectivity index (χ1v) is 6.51. The van der Waals surface area contributed by atoms with E-state index < -0.39 is 0 Å². The molecule has 1 aromatic carbocycles. The van der Waals surface area contributed by atoms with Gasteiger partial charge in [0.1, 0.15) is 11.6 Å². The number of hydrogen-bond donors (Lipinski definition) is 2. The highest BCUT2D eigenvalue weighted by Crippen LogP contribution is 2.21. The number of aromatic amines is 1. The second-order valence-electron chi connectivity index (χ2n) is 4.00. The summed E-state index contributed by atoms with van der Waals surface area (Å²) in [5.74, 6) is 0.420. The summed E-state index contributed by atoms with van der Waals surface area (Å²) in [6.07, 6.45) is 0. The van der Waals surface area contributed by atoms with Gasteiger partial charge >= 0.3 is 0 Å². The second kappa shape index (κ2) is 5.63. The van der Waals surface area contributed by atoms with Gasteiger partial charge in [-0.15, -0.1) is 0 Å². The van der Waals surface area contributed by atoms with Gasteiger partial charge in [-0.2, -0.15) is 20.1 Å². The summed E-state index contributed by atoms with van der Waals surface area (Å²) in [6, 6.07) is 7.71. The Morgan fingerprint density at radius 3 is 2.33 bits per heavy atom. The minimum absolute atomic E-state index is 0.0178. The van der Waals surface area contributed by atoms with Gasteiger partial charge in [0, 0.05) is 11.6 Å². The standard InChI is InChI=1S/C12H7Cl2FN6/c13-10-17-11(14)19-12(18-10)16-9-5-8(20-21-9)6-1-3-7(15)4-2-6/h1-5H,(H2,16,17,18,19,20,21). The molecule has 0 aliphatic carbocycles. The van der Waals surface area contributed by atoms with Crippen LogP contribution in [0.4, 0.5) is 16.2 Å². The number of benzene rings is 1. The summed E-state index contributed by atoms with van der Waals surface area (Å²) in [5.41, 5.74) is 1.41. The average Bonchev–Trinajstić information content (AvgIpc) is 2.87. The lowest BCUT2D eigenvalue weighted by Crippen LogP contribution is -1.99. The van der Waals surface area contributed by atoms with E-state index in [0.29, 0.717) is 11.5 Å². The number of anilines is 2. The van der Waals surface area contributed by atoms with Crippen LogP contribution in [-0.4, -0.2) is 25.1 Å². The molecule has 3 rings (SSSR count). The largest absolute Gasteiger partial charge is 0.309 e. The average molecular weight is 325 g/mol. The van der Waals surface area contributed by atoms with Gasteiger partial charge in [0.15, 0.2) is 0 Å². The lowest BCUT2D eigenvalue weighted by Gasteiger charge is -2.01. The molecule has 0 spiro atoms. The lowest BCUT2D eigenvalue weighted by atomic mass is 10.1. The first-order valence-electron chi connectivity index (χ1n) is 5.75. The molecule has 6 nitrogen and oxygen atoms in total. The third-order valence-electron chi connectivity index (χ3n) is 2.55. The van der Waals surface area contributed by atoms with Crippen molar-refractivity contribution in [2.75, 3.05) is 5.32 Å². The fraction of sp³-hybridized carbons (Fsp3) is 0. The minimum Gasteiger partial charge on any atom is -0.309 e. The van der Waals surface area contributed by atoms with Crippen molar-refractivity contribution in [1.82, 2.24) is 25.1 Å². The van der Waals surface area contributed by atoms with Crippen LogP contribution in [0, 0.1) is 5.82 Å². The third-order valence-corrected chi connectivity index (χ3v) is 2.88. The van der Waals surface area contributed by atoms with E-state index in [-0.39, 0.29) is 22.3 Å². The predicted octanol–water partition coefficient (Wildman–Crippen LogP) is 3.45. The highest BCUT2D eigenvalue weighted by atomic mass is 35.5. The van der Waals surface area contributed by atoms with E-state index in [0.717, 1.165) is 5.56 Å². The maximum absolute atomic E-state index is 12.9. The summed E-state index contributed by atoms with van der Waals surface area (Å²) >= 11 is 11.4. The van der Waals surface area contributed by atoms with Crippen LogP contribution in [0.15, 0.2) is 30.3 Å². The van der Waals surface area contributed by atoms with Gasteiger partial charge in [-0.3, -0.25) is 5.10 Å². The van der Waals surface area contributed by atoms with E-state index >= 15 is 0 Å². The van der Waals surface area contributed by atoms with Crippen LogP contribution in [0.2, 0.25) is 10.6 Å². The van der Waals surface area contributed by atoms with Gasteiger partial charge in [-0.1, -0.05) is 0 Å². The van der Waals surface area contributed by atoms with Crippen molar-refractivity contribution in [3.05, 3.63) is 46.7 Å². The topological polar surface area (TPSA) is 79.4 Å². The Bertz CT molecular complexity index is 753. The second-order valence-corrected chi connectivity index (χ2v) is 4.67. The van der Waals surface area contributed by atoms with Crippen molar-refractivity contribution in [3.8, 4) is 11.3 Å². The Morgan fingerprint density at radius 2 is 1.67 bits per heavy atom. The first-order chi connectivity index (χ1) is 10.1. The van der Waals surface area contributed by atoms with E-state index in [1.165, 1.54) is 12.1 Å². The molecule has 0 saturated heterocycles. The van der Waals surface area contributed by atoms with Gasteiger partial charge in [-0.25, -0.2) is 4.39 Å². The Morgan fingerprint density at radius 1 is 1.00 bits per heavy atom. The van der Waals surface area contributed by atoms with Crippen molar-refractivity contribution in [2.24, 2.45) is 0 Å². The fourth-order valence-electron chi connectivity index (χ4n) is 1.66. The van der Waals surface area contributed by atoms with Gasteiger partial charge in [0.25, 0.3) is 0 Å². The molecule has 0 amide bonds. The molecule has 0 unspecified atom stereocenters. The third kappa shape index (κ3) is 3.26. The van der Waals surface area contributed by atoms with E-state index in [1.807, 2.05) is 0 Å². The minimum atomic E-state index is -0.304. The Labute approximate surface area is 128 Å². The zero-order valence-electron chi connectivity index (χ0n) is 10.3. The normalized spacial score (nSPS) is 10.6. The number of H-pyrrole nitrogens is 1. The molecule has 0 radical (unpaired) electrons. The van der Waals surface area contributed by atoms with Crippen LogP contribution < -0.4 is 5.32 Å². The number of halogens is 3. The maximum Gasteiger partial charge on any atom is 0.233 e. The summed E-state index contributed by atoms with van der Waals surface area (Å²) in [4.78, 5) is 11.4. The zero-order chi connectivity index (χ0) is 14.8. The summed E-state index contributed by atoms with van der Waals surface area (Å²) < 4.78 is 12.9. The molecule has 2 heterocycles. The molecule has 0 fully saturated rings. The van der Waals surface area contributed by atoms with Crippen molar-refractivity contribution < 1.29 is 4.39 Å². The number of aromatic nitrogens is 5. The molecular weight excluding hydrogens is 318 g/mol. The van der Waals surface area contributed by atoms with Crippen LogP contribution in [0.25, 0.3) is 11.3 Å². The van der Waals surface area contributed by atoms with Crippen LogP contribution >= 0.6 is 23.2 Å². The maximum atomic E-state index is 12.9. The summed E-state index contributed by atoms with van der Waals surface area (Å²) in [7, 11) is 0. The highest BCUT2D eigenvalue weighted by molar-refractivity contribution is 6.31. The van der Waals surface area contributed by atoms with E-state index in [4.69, 9.17) is 23.2 Å². The Kier molecular flexibility index (Phi) is 3.68. The summed E-state index contributed by atoms with van der Waals surface area (Å²) in [6.45, 7) is 0. The van der Waals surface area contributed by atoms with Gasteiger partial charge in [-0.05, 0) is 47.5 Å². The molecule has 106 valence electrons. The summed E-state index contributed by atoms with van der Waals surface area (Å²) in [5, 5.41) is 9.70. The molecule has 0 atom stereocenters. The predicted molar refractivity (Wildman–Crippen MR) is 77.1 cm³/mol. The quantitative estimate of drug-likeness (QED) is 0.771. The first kappa shape index (κ1) is 13.7. The molecule has 3 aromatic rings. The molecular formula is C12H7Cl2FN6. The van der Waals surface area contributed by atoms with Gasteiger partial charge in [0.2, 0.25) is 16.5 Å². The molecule has 0 aliphatic heterocycles. The van der Waals surface area contributed by atoms with Crippen molar-refractivity contribution in [3.63, 3.8) is 0 Å². The number of rotatable bonds is 3. The van der Waals surface area contributed by atoms with Crippen molar-refractivity contribution in [1.29, 1.82) is 0 Å². The monoisotopic (exact) mass is 324 g/mol. The lowest BCUT2D eigenvalue weighted by molar-refractivity contribution is 0.628. The van der Waals surface area contributed by atoms with E-state index in [1.54, 1.807) is 18.2 Å².